The number of fused-ring (bicyclic) bond motifs is 1. The van der Waals surface area contributed by atoms with Crippen molar-refractivity contribution in [2.24, 2.45) is 4.99 Å². The van der Waals surface area contributed by atoms with E-state index in [1.54, 1.807) is 18.2 Å². The number of rotatable bonds is 3. The lowest BCUT2D eigenvalue weighted by molar-refractivity contribution is -0.115. The fourth-order valence-corrected chi connectivity index (χ4v) is 3.90. The molecular formula is C21H14ClN5OS. The summed E-state index contributed by atoms with van der Waals surface area (Å²) in [5, 5.41) is 13.0. The van der Waals surface area contributed by atoms with Crippen LogP contribution in [0.5, 0.6) is 0 Å². The number of amides is 1. The predicted molar refractivity (Wildman–Crippen MR) is 115 cm³/mol. The summed E-state index contributed by atoms with van der Waals surface area (Å²) in [6.45, 7) is 2.36. The Morgan fingerprint density at radius 3 is 2.97 bits per heavy atom. The fraction of sp³-hybridized carbons (Fsp3) is 0.0952. The molecule has 8 heteroatoms. The van der Waals surface area contributed by atoms with Gasteiger partial charge in [-0.2, -0.15) is 5.26 Å². The Balaban J connectivity index is 1.57. The zero-order chi connectivity index (χ0) is 20.4. The van der Waals surface area contributed by atoms with Crippen molar-refractivity contribution in [3.63, 3.8) is 0 Å². The standard InChI is InChI=1S/C21H14ClN5OS/c1-12-3-2-4-16(22)15(12)11-25-21-27-20(28)19(29-21)8-14-5-6-17-18(26-14)7-13(9-23)10-24-17/h2-8,10H,11H2,1H3,(H,25,27,28). The molecule has 0 radical (unpaired) electrons. The first-order valence-corrected chi connectivity index (χ1v) is 9.89. The number of amidine groups is 1. The van der Waals surface area contributed by atoms with Gasteiger partial charge < -0.3 is 5.32 Å². The number of nitriles is 1. The summed E-state index contributed by atoms with van der Waals surface area (Å²) in [5.41, 5.74) is 4.32. The van der Waals surface area contributed by atoms with Gasteiger partial charge in [-0.1, -0.05) is 23.7 Å². The van der Waals surface area contributed by atoms with Crippen LogP contribution in [0.4, 0.5) is 0 Å². The highest BCUT2D eigenvalue weighted by molar-refractivity contribution is 8.18. The van der Waals surface area contributed by atoms with Gasteiger partial charge >= 0.3 is 0 Å². The second-order valence-corrected chi connectivity index (χ2v) is 7.77. The Labute approximate surface area is 176 Å². The van der Waals surface area contributed by atoms with Crippen LogP contribution in [0, 0.1) is 18.3 Å². The number of carbonyl (C=O) groups is 1. The first kappa shape index (κ1) is 19.1. The van der Waals surface area contributed by atoms with Gasteiger partial charge in [-0.05, 0) is 60.2 Å². The molecule has 1 saturated heterocycles. The van der Waals surface area contributed by atoms with Gasteiger partial charge in [-0.3, -0.25) is 14.8 Å². The molecule has 1 N–H and O–H groups in total. The van der Waals surface area contributed by atoms with E-state index in [1.165, 1.54) is 18.0 Å². The molecule has 6 nitrogen and oxygen atoms in total. The third kappa shape index (κ3) is 4.14. The molecule has 0 saturated carbocycles. The lowest BCUT2D eigenvalue weighted by Crippen LogP contribution is -2.19. The molecule has 0 bridgehead atoms. The number of nitrogens with zero attached hydrogens (tertiary/aromatic N) is 4. The lowest BCUT2D eigenvalue weighted by atomic mass is 10.1. The van der Waals surface area contributed by atoms with Crippen molar-refractivity contribution in [3.8, 4) is 6.07 Å². The molecule has 1 aromatic carbocycles. The van der Waals surface area contributed by atoms with E-state index in [1.807, 2.05) is 37.3 Å². The highest BCUT2D eigenvalue weighted by Crippen LogP contribution is 2.27. The minimum Gasteiger partial charge on any atom is -0.301 e. The molecule has 1 amide bonds. The quantitative estimate of drug-likeness (QED) is 0.641. The molecule has 0 spiro atoms. The van der Waals surface area contributed by atoms with Crippen LogP contribution in [-0.4, -0.2) is 21.0 Å². The van der Waals surface area contributed by atoms with Gasteiger partial charge in [0.05, 0.1) is 33.7 Å². The molecule has 3 aromatic rings. The topological polar surface area (TPSA) is 91.0 Å². The number of pyridine rings is 2. The van der Waals surface area contributed by atoms with Crippen LogP contribution in [0.1, 0.15) is 22.4 Å². The normalized spacial score (nSPS) is 16.4. The third-order valence-electron chi connectivity index (χ3n) is 4.35. The molecule has 0 unspecified atom stereocenters. The third-order valence-corrected chi connectivity index (χ3v) is 5.65. The largest absolute Gasteiger partial charge is 0.301 e. The maximum atomic E-state index is 12.3. The zero-order valence-electron chi connectivity index (χ0n) is 15.3. The van der Waals surface area contributed by atoms with Gasteiger partial charge in [-0.25, -0.2) is 4.98 Å². The Morgan fingerprint density at radius 1 is 1.31 bits per heavy atom. The monoisotopic (exact) mass is 419 g/mol. The van der Waals surface area contributed by atoms with Crippen molar-refractivity contribution in [2.45, 2.75) is 13.5 Å². The number of halogens is 1. The number of benzene rings is 1. The number of aromatic nitrogens is 2. The van der Waals surface area contributed by atoms with Crippen molar-refractivity contribution >= 4 is 51.5 Å². The van der Waals surface area contributed by atoms with Gasteiger partial charge in [0.25, 0.3) is 5.91 Å². The van der Waals surface area contributed by atoms with Crippen molar-refractivity contribution < 1.29 is 4.79 Å². The fourth-order valence-electron chi connectivity index (χ4n) is 2.82. The SMILES string of the molecule is Cc1cccc(Cl)c1CN=C1NC(=O)C(=Cc2ccc3ncc(C#N)cc3n2)S1. The van der Waals surface area contributed by atoms with E-state index in [0.717, 1.165) is 11.1 Å². The number of aryl methyl sites for hydroxylation is 1. The molecule has 1 fully saturated rings. The number of aliphatic imine (C=N–C) groups is 1. The van der Waals surface area contributed by atoms with Gasteiger partial charge in [-0.15, -0.1) is 0 Å². The van der Waals surface area contributed by atoms with E-state index in [0.29, 0.717) is 43.9 Å². The van der Waals surface area contributed by atoms with Crippen LogP contribution < -0.4 is 5.32 Å². The molecule has 0 atom stereocenters. The van der Waals surface area contributed by atoms with Gasteiger partial charge in [0.2, 0.25) is 0 Å². The first-order valence-electron chi connectivity index (χ1n) is 8.70. The molecular weight excluding hydrogens is 406 g/mol. The second kappa shape index (κ2) is 8.03. The van der Waals surface area contributed by atoms with Gasteiger partial charge in [0, 0.05) is 11.2 Å². The van der Waals surface area contributed by atoms with E-state index in [2.05, 4.69) is 20.3 Å². The highest BCUT2D eigenvalue weighted by atomic mass is 35.5. The molecule has 142 valence electrons. The summed E-state index contributed by atoms with van der Waals surface area (Å²) >= 11 is 7.50. The predicted octanol–water partition coefficient (Wildman–Crippen LogP) is 4.22. The molecule has 29 heavy (non-hydrogen) atoms. The molecule has 1 aliphatic heterocycles. The summed E-state index contributed by atoms with van der Waals surface area (Å²) in [5.74, 6) is -0.226. The Kier molecular flexibility index (Phi) is 5.30. The van der Waals surface area contributed by atoms with Gasteiger partial charge in [0.15, 0.2) is 5.17 Å². The van der Waals surface area contributed by atoms with Crippen LogP contribution in [-0.2, 0) is 11.3 Å². The number of hydrogen-bond acceptors (Lipinski definition) is 6. The molecule has 0 aliphatic carbocycles. The van der Waals surface area contributed by atoms with Crippen LogP contribution in [0.25, 0.3) is 17.1 Å². The number of nitrogens with one attached hydrogen (secondary N) is 1. The van der Waals surface area contributed by atoms with Crippen molar-refractivity contribution in [1.29, 1.82) is 5.26 Å². The van der Waals surface area contributed by atoms with E-state index < -0.39 is 0 Å². The molecule has 3 heterocycles. The lowest BCUT2D eigenvalue weighted by Gasteiger charge is -2.05. The van der Waals surface area contributed by atoms with Gasteiger partial charge in [0.1, 0.15) is 6.07 Å². The summed E-state index contributed by atoms with van der Waals surface area (Å²) in [4.78, 5) is 26.0. The van der Waals surface area contributed by atoms with E-state index >= 15 is 0 Å². The average molecular weight is 420 g/mol. The first-order chi connectivity index (χ1) is 14.0. The Morgan fingerprint density at radius 2 is 2.17 bits per heavy atom. The van der Waals surface area contributed by atoms with E-state index in [9.17, 15) is 4.79 Å². The molecule has 2 aromatic heterocycles. The second-order valence-electron chi connectivity index (χ2n) is 6.33. The van der Waals surface area contributed by atoms with Crippen LogP contribution >= 0.6 is 23.4 Å². The maximum absolute atomic E-state index is 12.3. The van der Waals surface area contributed by atoms with Crippen LogP contribution in [0.2, 0.25) is 5.02 Å². The minimum atomic E-state index is -0.226. The molecule has 1 aliphatic rings. The average Bonchev–Trinajstić information content (AvgIpc) is 3.06. The minimum absolute atomic E-state index is 0.226. The maximum Gasteiger partial charge on any atom is 0.264 e. The van der Waals surface area contributed by atoms with Crippen LogP contribution in [0.3, 0.4) is 0 Å². The van der Waals surface area contributed by atoms with Crippen molar-refractivity contribution in [1.82, 2.24) is 15.3 Å². The number of carbonyl (C=O) groups excluding carboxylic acids is 1. The summed E-state index contributed by atoms with van der Waals surface area (Å²) in [7, 11) is 0. The van der Waals surface area contributed by atoms with Crippen molar-refractivity contribution in [3.05, 3.63) is 74.9 Å². The zero-order valence-corrected chi connectivity index (χ0v) is 16.9. The number of hydrogen-bond donors (Lipinski definition) is 1. The van der Waals surface area contributed by atoms with Crippen LogP contribution in [0.15, 0.2) is 52.5 Å². The number of thioether (sulfide) groups is 1. The smallest absolute Gasteiger partial charge is 0.264 e. The summed E-state index contributed by atoms with van der Waals surface area (Å²) in [6, 6.07) is 13.0. The summed E-state index contributed by atoms with van der Waals surface area (Å²) in [6.07, 6.45) is 3.20. The summed E-state index contributed by atoms with van der Waals surface area (Å²) < 4.78 is 0. The van der Waals surface area contributed by atoms with E-state index in [-0.39, 0.29) is 5.91 Å². The Bertz CT molecular complexity index is 1230. The van der Waals surface area contributed by atoms with Crippen molar-refractivity contribution in [2.75, 3.05) is 0 Å². The van der Waals surface area contributed by atoms with E-state index in [4.69, 9.17) is 16.9 Å². The molecule has 4 rings (SSSR count). The Hall–Kier alpha value is -3.21. The highest BCUT2D eigenvalue weighted by Gasteiger charge is 2.24.